The highest BCUT2D eigenvalue weighted by atomic mass is 19.4. The molecule has 2 N–H and O–H groups in total. The van der Waals surface area contributed by atoms with Gasteiger partial charge in [-0.05, 0) is 12.1 Å². The number of carbonyl (C=O) groups is 1. The Morgan fingerprint density at radius 3 is 2.73 bits per heavy atom. The van der Waals surface area contributed by atoms with Gasteiger partial charge in [0.1, 0.15) is 17.4 Å². The molecule has 0 bridgehead atoms. The lowest BCUT2D eigenvalue weighted by atomic mass is 10.1. The summed E-state index contributed by atoms with van der Waals surface area (Å²) < 4.78 is 58.3. The Kier molecular flexibility index (Phi) is 5.47. The van der Waals surface area contributed by atoms with E-state index in [0.717, 1.165) is 0 Å². The number of alkyl halides is 3. The molecule has 1 atom stereocenters. The van der Waals surface area contributed by atoms with E-state index in [2.05, 4.69) is 10.6 Å². The minimum absolute atomic E-state index is 0.134. The van der Waals surface area contributed by atoms with E-state index in [1.165, 1.54) is 29.4 Å². The van der Waals surface area contributed by atoms with Gasteiger partial charge in [-0.2, -0.15) is 13.2 Å². The largest absolute Gasteiger partial charge is 0.464 e. The van der Waals surface area contributed by atoms with Gasteiger partial charge in [0.2, 0.25) is 5.91 Å². The van der Waals surface area contributed by atoms with Gasteiger partial charge in [-0.25, -0.2) is 4.39 Å². The van der Waals surface area contributed by atoms with Crippen molar-refractivity contribution >= 4 is 16.9 Å². The molecule has 3 rings (SSSR count). The van der Waals surface area contributed by atoms with Crippen LogP contribution < -0.4 is 10.6 Å². The topological polar surface area (TPSA) is 57.5 Å². The maximum absolute atomic E-state index is 13.3. The van der Waals surface area contributed by atoms with Gasteiger partial charge in [0.05, 0.1) is 12.7 Å². The normalized spacial score (nSPS) is 17.4. The van der Waals surface area contributed by atoms with Crippen molar-refractivity contribution in [2.45, 2.75) is 18.6 Å². The van der Waals surface area contributed by atoms with Crippen molar-refractivity contribution in [2.75, 3.05) is 32.7 Å². The number of hydrogen-bond acceptors (Lipinski definition) is 4. The number of carbonyl (C=O) groups excluding carboxylic acids is 1. The first-order chi connectivity index (χ1) is 12.3. The van der Waals surface area contributed by atoms with Gasteiger partial charge >= 0.3 is 6.18 Å². The van der Waals surface area contributed by atoms with Gasteiger partial charge in [0.25, 0.3) is 0 Å². The van der Waals surface area contributed by atoms with E-state index in [4.69, 9.17) is 4.42 Å². The Balaban J connectivity index is 1.62. The van der Waals surface area contributed by atoms with E-state index in [1.54, 1.807) is 0 Å². The summed E-state index contributed by atoms with van der Waals surface area (Å²) in [5.74, 6) is -1.01. The summed E-state index contributed by atoms with van der Waals surface area (Å²) in [6.45, 7) is 1.01. The molecule has 1 amide bonds. The molecule has 1 aliphatic rings. The van der Waals surface area contributed by atoms with Gasteiger partial charge in [0, 0.05) is 49.7 Å². The van der Waals surface area contributed by atoms with Crippen LogP contribution in [0.5, 0.6) is 0 Å². The first kappa shape index (κ1) is 18.7. The summed E-state index contributed by atoms with van der Waals surface area (Å²) in [5, 5.41) is 5.93. The predicted octanol–water partition coefficient (Wildman–Crippen LogP) is 2.07. The summed E-state index contributed by atoms with van der Waals surface area (Å²) in [6.07, 6.45) is -3.24. The lowest BCUT2D eigenvalue weighted by molar-refractivity contribution is -0.184. The number of rotatable bonds is 5. The molecule has 2 aromatic rings. The van der Waals surface area contributed by atoms with Gasteiger partial charge in [-0.15, -0.1) is 0 Å². The molecule has 1 unspecified atom stereocenters. The van der Waals surface area contributed by atoms with E-state index in [-0.39, 0.29) is 19.5 Å². The number of hydrogen-bond donors (Lipinski definition) is 2. The Morgan fingerprint density at radius 1 is 1.31 bits per heavy atom. The van der Waals surface area contributed by atoms with Gasteiger partial charge in [-0.3, -0.25) is 9.69 Å². The van der Waals surface area contributed by atoms with E-state index >= 15 is 0 Å². The minimum atomic E-state index is -4.43. The first-order valence-electron chi connectivity index (χ1n) is 8.28. The molecule has 5 nitrogen and oxygen atoms in total. The van der Waals surface area contributed by atoms with Crippen LogP contribution in [0.1, 0.15) is 5.56 Å². The van der Waals surface area contributed by atoms with Crippen LogP contribution in [-0.4, -0.2) is 55.7 Å². The third-order valence-corrected chi connectivity index (χ3v) is 4.43. The second-order valence-electron chi connectivity index (χ2n) is 6.23. The van der Waals surface area contributed by atoms with Crippen molar-refractivity contribution < 1.29 is 26.8 Å². The molecule has 1 aliphatic heterocycles. The molecule has 0 radical (unpaired) electrons. The second kappa shape index (κ2) is 7.63. The van der Waals surface area contributed by atoms with E-state index < -0.39 is 30.5 Å². The molecule has 0 aliphatic carbocycles. The number of halogens is 4. The number of amides is 1. The molecule has 9 heteroatoms. The summed E-state index contributed by atoms with van der Waals surface area (Å²) in [6, 6.07) is 2.20. The van der Waals surface area contributed by atoms with Crippen LogP contribution >= 0.6 is 0 Å². The number of fused-ring (bicyclic) bond motifs is 1. The summed E-state index contributed by atoms with van der Waals surface area (Å²) in [4.78, 5) is 13.4. The standard InChI is InChI=1S/C17H19F4N3O2/c18-12-1-2-13-11(10-26-14(13)8-12)7-16(25)23-9-15(17(19,20)21)24-5-3-22-4-6-24/h1-2,8,10,15,22H,3-7,9H2,(H,23,25). The fourth-order valence-electron chi connectivity index (χ4n) is 3.09. The SMILES string of the molecule is O=C(Cc1coc2cc(F)ccc12)NCC(N1CCNCC1)C(F)(F)F. The third kappa shape index (κ3) is 4.34. The van der Waals surface area contributed by atoms with Crippen molar-refractivity contribution in [3.05, 3.63) is 35.8 Å². The number of piperazine rings is 1. The molecule has 142 valence electrons. The highest BCUT2D eigenvalue weighted by molar-refractivity contribution is 5.87. The van der Waals surface area contributed by atoms with E-state index in [1.807, 2.05) is 0 Å². The Morgan fingerprint density at radius 2 is 2.04 bits per heavy atom. The monoisotopic (exact) mass is 373 g/mol. The highest BCUT2D eigenvalue weighted by Gasteiger charge is 2.43. The average Bonchev–Trinajstić information content (AvgIpc) is 2.96. The number of furan rings is 1. The number of nitrogens with zero attached hydrogens (tertiary/aromatic N) is 1. The molecule has 1 aromatic carbocycles. The van der Waals surface area contributed by atoms with Crippen molar-refractivity contribution in [3.8, 4) is 0 Å². The van der Waals surface area contributed by atoms with Gasteiger partial charge < -0.3 is 15.1 Å². The van der Waals surface area contributed by atoms with Gasteiger partial charge in [-0.1, -0.05) is 0 Å². The third-order valence-electron chi connectivity index (χ3n) is 4.43. The summed E-state index contributed by atoms with van der Waals surface area (Å²) in [5.41, 5.74) is 0.796. The predicted molar refractivity (Wildman–Crippen MR) is 87.2 cm³/mol. The maximum Gasteiger partial charge on any atom is 0.405 e. The van der Waals surface area contributed by atoms with Crippen LogP contribution in [0.4, 0.5) is 17.6 Å². The molecular formula is C17H19F4N3O2. The average molecular weight is 373 g/mol. The zero-order valence-electron chi connectivity index (χ0n) is 13.9. The quantitative estimate of drug-likeness (QED) is 0.788. The van der Waals surface area contributed by atoms with Crippen molar-refractivity contribution in [1.29, 1.82) is 0 Å². The lowest BCUT2D eigenvalue weighted by Gasteiger charge is -2.35. The fourth-order valence-corrected chi connectivity index (χ4v) is 3.09. The van der Waals surface area contributed by atoms with Crippen molar-refractivity contribution in [3.63, 3.8) is 0 Å². The number of benzene rings is 1. The van der Waals surface area contributed by atoms with Crippen LogP contribution in [-0.2, 0) is 11.2 Å². The fraction of sp³-hybridized carbons (Fsp3) is 0.471. The number of nitrogens with one attached hydrogen (secondary N) is 2. The summed E-state index contributed by atoms with van der Waals surface area (Å²) >= 11 is 0. The molecule has 1 aromatic heterocycles. The molecule has 26 heavy (non-hydrogen) atoms. The first-order valence-corrected chi connectivity index (χ1v) is 8.28. The Bertz CT molecular complexity index is 769. The van der Waals surface area contributed by atoms with Crippen LogP contribution in [0.3, 0.4) is 0 Å². The van der Waals surface area contributed by atoms with Gasteiger partial charge in [0.15, 0.2) is 0 Å². The van der Waals surface area contributed by atoms with E-state index in [9.17, 15) is 22.4 Å². The highest BCUT2D eigenvalue weighted by Crippen LogP contribution is 2.25. The minimum Gasteiger partial charge on any atom is -0.464 e. The summed E-state index contributed by atoms with van der Waals surface area (Å²) in [7, 11) is 0. The van der Waals surface area contributed by atoms with Crippen molar-refractivity contribution in [2.24, 2.45) is 0 Å². The Hall–Kier alpha value is -2.13. The van der Waals surface area contributed by atoms with E-state index in [0.29, 0.717) is 29.6 Å². The lowest BCUT2D eigenvalue weighted by Crippen LogP contribution is -2.57. The molecule has 0 saturated carbocycles. The molecule has 1 fully saturated rings. The molecule has 0 spiro atoms. The zero-order valence-corrected chi connectivity index (χ0v) is 13.9. The molecular weight excluding hydrogens is 354 g/mol. The smallest absolute Gasteiger partial charge is 0.405 e. The molecule has 1 saturated heterocycles. The Labute approximate surface area is 147 Å². The van der Waals surface area contributed by atoms with Crippen LogP contribution in [0, 0.1) is 5.82 Å². The maximum atomic E-state index is 13.3. The van der Waals surface area contributed by atoms with Crippen molar-refractivity contribution in [1.82, 2.24) is 15.5 Å². The molecule has 2 heterocycles. The van der Waals surface area contributed by atoms with Crippen LogP contribution in [0.2, 0.25) is 0 Å². The zero-order chi connectivity index (χ0) is 18.7. The van der Waals surface area contributed by atoms with Crippen LogP contribution in [0.25, 0.3) is 11.0 Å². The van der Waals surface area contributed by atoms with Crippen LogP contribution in [0.15, 0.2) is 28.9 Å². The second-order valence-corrected chi connectivity index (χ2v) is 6.23.